The van der Waals surface area contributed by atoms with Gasteiger partial charge in [0.05, 0.1) is 37.8 Å². The smallest absolute Gasteiger partial charge is 0.497 e. The summed E-state index contributed by atoms with van der Waals surface area (Å²) < 4.78 is 91.3. The minimum atomic E-state index is -5.03. The van der Waals surface area contributed by atoms with Crippen molar-refractivity contribution in [3.8, 4) is 23.0 Å². The van der Waals surface area contributed by atoms with E-state index in [-0.39, 0.29) is 52.0 Å². The van der Waals surface area contributed by atoms with Gasteiger partial charge in [0.2, 0.25) is 0 Å². The molecule has 15 heteroatoms. The Labute approximate surface area is 290 Å². The molecule has 5 aromatic rings. The number of hydrogen-bond acceptors (Lipinski definition) is 9. The molecular formula is C35H32ClF3N2O8S. The van der Waals surface area contributed by atoms with Crippen molar-refractivity contribution >= 4 is 43.8 Å². The van der Waals surface area contributed by atoms with Crippen molar-refractivity contribution in [2.45, 2.75) is 23.9 Å². The molecule has 0 aliphatic rings. The number of benzene rings is 4. The minimum Gasteiger partial charge on any atom is -0.497 e. The molecule has 0 saturated carbocycles. The number of ketones is 1. The molecule has 1 heterocycles. The van der Waals surface area contributed by atoms with Gasteiger partial charge in [-0.2, -0.15) is 0 Å². The number of carbonyl (C=O) groups is 1. The Morgan fingerprint density at radius 1 is 0.920 bits per heavy atom. The van der Waals surface area contributed by atoms with Crippen LogP contribution in [0.5, 0.6) is 23.0 Å². The van der Waals surface area contributed by atoms with Crippen molar-refractivity contribution in [1.82, 2.24) is 4.98 Å². The molecule has 0 amide bonds. The maximum Gasteiger partial charge on any atom is 0.573 e. The molecule has 1 atom stereocenters. The van der Waals surface area contributed by atoms with E-state index in [9.17, 15) is 26.4 Å². The number of aromatic nitrogens is 1. The zero-order chi connectivity index (χ0) is 36.1. The van der Waals surface area contributed by atoms with Gasteiger partial charge in [0.25, 0.3) is 0 Å². The number of ether oxygens (including phenoxy) is 5. The van der Waals surface area contributed by atoms with Crippen LogP contribution in [-0.2, 0) is 21.2 Å². The third-order valence-electron chi connectivity index (χ3n) is 7.46. The summed E-state index contributed by atoms with van der Waals surface area (Å²) in [4.78, 5) is 17.4. The van der Waals surface area contributed by atoms with Gasteiger partial charge in [-0.05, 0) is 35.9 Å². The summed E-state index contributed by atoms with van der Waals surface area (Å²) in [5, 5.41) is 3.50. The third kappa shape index (κ3) is 9.00. The maximum atomic E-state index is 14.5. The van der Waals surface area contributed by atoms with Crippen molar-refractivity contribution in [3.63, 3.8) is 0 Å². The zero-order valence-electron chi connectivity index (χ0n) is 27.0. The molecule has 0 spiro atoms. The molecule has 4 aromatic carbocycles. The Morgan fingerprint density at radius 2 is 1.68 bits per heavy atom. The normalized spacial score (nSPS) is 12.4. The first-order chi connectivity index (χ1) is 23.8. The Morgan fingerprint density at radius 3 is 2.36 bits per heavy atom. The number of aromatic amines is 1. The van der Waals surface area contributed by atoms with Gasteiger partial charge in [-0.25, -0.2) is 8.42 Å². The van der Waals surface area contributed by atoms with Crippen LogP contribution < -0.4 is 24.3 Å². The summed E-state index contributed by atoms with van der Waals surface area (Å²) in [6, 6.07) is 19.4. The molecule has 50 heavy (non-hydrogen) atoms. The number of anilines is 1. The molecule has 264 valence electrons. The molecular weight excluding hydrogens is 701 g/mol. The van der Waals surface area contributed by atoms with E-state index in [0.717, 1.165) is 17.9 Å². The van der Waals surface area contributed by atoms with Crippen molar-refractivity contribution < 1.29 is 50.1 Å². The summed E-state index contributed by atoms with van der Waals surface area (Å²) in [5.74, 6) is -1.07. The highest BCUT2D eigenvalue weighted by Gasteiger charge is 2.34. The van der Waals surface area contributed by atoms with Gasteiger partial charge in [0.15, 0.2) is 27.1 Å². The number of carbonyl (C=O) groups excluding carboxylic acids is 1. The average molecular weight is 733 g/mol. The standard InChI is InChI=1S/C35H32ClF3N2O8S/c1-45-24-14-23(15-25(16-24)50(3,43)44)41-33(26-10-9-22(36)13-30(26)48-12-11-47-20-21-7-5-4-6-8-21)34(42)28-19-40-29-18-31(46-2)32(17-27(28)29)49-35(37,38)39/h4-10,13-19,33,40-41H,11-12,20H2,1-3H3. The lowest BCUT2D eigenvalue weighted by molar-refractivity contribution is -0.275. The molecule has 0 radical (unpaired) electrons. The maximum absolute atomic E-state index is 14.5. The summed E-state index contributed by atoms with van der Waals surface area (Å²) in [7, 11) is -1.16. The van der Waals surface area contributed by atoms with Gasteiger partial charge >= 0.3 is 6.36 Å². The van der Waals surface area contributed by atoms with Crippen molar-refractivity contribution in [2.75, 3.05) is 39.0 Å². The Kier molecular flexibility index (Phi) is 11.1. The van der Waals surface area contributed by atoms with Gasteiger partial charge in [0, 0.05) is 51.8 Å². The Bertz CT molecular complexity index is 2090. The van der Waals surface area contributed by atoms with Crippen LogP contribution in [0.15, 0.2) is 90.0 Å². The van der Waals surface area contributed by atoms with E-state index in [2.05, 4.69) is 15.0 Å². The van der Waals surface area contributed by atoms with Crippen LogP contribution in [0.4, 0.5) is 18.9 Å². The third-order valence-corrected chi connectivity index (χ3v) is 8.78. The molecule has 0 saturated heterocycles. The summed E-state index contributed by atoms with van der Waals surface area (Å²) >= 11 is 6.35. The highest BCUT2D eigenvalue weighted by atomic mass is 35.5. The average Bonchev–Trinajstić information content (AvgIpc) is 3.48. The molecule has 1 aromatic heterocycles. The number of Topliss-reactive ketones (excluding diaryl/α,β-unsaturated/α-hetero) is 1. The first kappa shape index (κ1) is 36.4. The van der Waals surface area contributed by atoms with E-state index in [4.69, 9.17) is 30.5 Å². The number of nitrogens with one attached hydrogen (secondary N) is 2. The summed E-state index contributed by atoms with van der Waals surface area (Å²) in [6.07, 6.45) is -2.66. The molecule has 5 rings (SSSR count). The number of H-pyrrole nitrogens is 1. The fourth-order valence-electron chi connectivity index (χ4n) is 5.14. The zero-order valence-corrected chi connectivity index (χ0v) is 28.5. The number of rotatable bonds is 15. The monoisotopic (exact) mass is 732 g/mol. The van der Waals surface area contributed by atoms with Gasteiger partial charge in [-0.3, -0.25) is 4.79 Å². The van der Waals surface area contributed by atoms with Crippen molar-refractivity contribution in [1.29, 1.82) is 0 Å². The van der Waals surface area contributed by atoms with E-state index in [1.807, 2.05) is 30.3 Å². The minimum absolute atomic E-state index is 0.00879. The predicted octanol–water partition coefficient (Wildman–Crippen LogP) is 7.77. The van der Waals surface area contributed by atoms with Gasteiger partial charge < -0.3 is 34.0 Å². The topological polar surface area (TPSA) is 125 Å². The van der Waals surface area contributed by atoms with E-state index in [0.29, 0.717) is 22.7 Å². The SMILES string of the molecule is COc1cc(NC(C(=O)c2c[nH]c3cc(OC)c(OC(F)(F)F)cc23)c2ccc(Cl)cc2OCCOCc2ccccc2)cc(S(C)(=O)=O)c1. The van der Waals surface area contributed by atoms with Gasteiger partial charge in [-0.15, -0.1) is 13.2 Å². The van der Waals surface area contributed by atoms with E-state index >= 15 is 0 Å². The second-order valence-corrected chi connectivity index (χ2v) is 13.4. The molecule has 1 unspecified atom stereocenters. The summed E-state index contributed by atoms with van der Waals surface area (Å²) in [6.45, 7) is 0.607. The van der Waals surface area contributed by atoms with Gasteiger partial charge in [-0.1, -0.05) is 48.0 Å². The number of fused-ring (bicyclic) bond motifs is 1. The fraction of sp³-hybridized carbons (Fsp3) is 0.229. The van der Waals surface area contributed by atoms with E-state index < -0.39 is 33.8 Å². The van der Waals surface area contributed by atoms with E-state index in [1.165, 1.54) is 50.7 Å². The number of halogens is 4. The molecule has 2 N–H and O–H groups in total. The molecule has 0 fully saturated rings. The first-order valence-electron chi connectivity index (χ1n) is 14.9. The number of sulfone groups is 1. The summed E-state index contributed by atoms with van der Waals surface area (Å²) in [5.41, 5.74) is 1.74. The van der Waals surface area contributed by atoms with Crippen LogP contribution in [0.1, 0.15) is 27.5 Å². The lowest BCUT2D eigenvalue weighted by Crippen LogP contribution is -2.23. The van der Waals surface area contributed by atoms with Crippen molar-refractivity contribution in [3.05, 3.63) is 107 Å². The number of alkyl halides is 3. The fourth-order valence-corrected chi connectivity index (χ4v) is 5.97. The molecule has 0 aliphatic heterocycles. The number of methoxy groups -OCH3 is 2. The van der Waals surface area contributed by atoms with Crippen LogP contribution in [0.25, 0.3) is 10.9 Å². The van der Waals surface area contributed by atoms with Crippen LogP contribution in [0, 0.1) is 0 Å². The molecule has 10 nitrogen and oxygen atoms in total. The van der Waals surface area contributed by atoms with E-state index in [1.54, 1.807) is 12.1 Å². The highest BCUT2D eigenvalue weighted by Crippen LogP contribution is 2.40. The highest BCUT2D eigenvalue weighted by molar-refractivity contribution is 7.90. The Balaban J connectivity index is 1.55. The van der Waals surface area contributed by atoms with Crippen LogP contribution in [0.3, 0.4) is 0 Å². The second-order valence-electron chi connectivity index (χ2n) is 11.0. The van der Waals surface area contributed by atoms with Crippen LogP contribution in [0.2, 0.25) is 5.02 Å². The first-order valence-corrected chi connectivity index (χ1v) is 17.2. The second kappa shape index (κ2) is 15.3. The number of hydrogen-bond donors (Lipinski definition) is 2. The lowest BCUT2D eigenvalue weighted by atomic mass is 9.95. The van der Waals surface area contributed by atoms with Crippen molar-refractivity contribution in [2.24, 2.45) is 0 Å². The molecule has 0 aliphatic carbocycles. The largest absolute Gasteiger partial charge is 0.573 e. The van der Waals surface area contributed by atoms with Gasteiger partial charge in [0.1, 0.15) is 24.1 Å². The lowest BCUT2D eigenvalue weighted by Gasteiger charge is -2.23. The Hall–Kier alpha value is -4.92. The predicted molar refractivity (Wildman–Crippen MR) is 181 cm³/mol. The quantitative estimate of drug-likeness (QED) is 0.0820. The van der Waals surface area contributed by atoms with Crippen LogP contribution in [-0.4, -0.2) is 59.2 Å². The molecule has 0 bridgehead atoms. The van der Waals surface area contributed by atoms with Crippen LogP contribution >= 0.6 is 11.6 Å².